The van der Waals surface area contributed by atoms with Crippen LogP contribution in [-0.2, 0) is 4.79 Å². The fourth-order valence-electron chi connectivity index (χ4n) is 0.909. The van der Waals surface area contributed by atoms with Crippen molar-refractivity contribution in [1.82, 2.24) is 4.98 Å². The molecule has 0 amide bonds. The minimum atomic E-state index is -0.994. The highest BCUT2D eigenvalue weighted by Gasteiger charge is 2.15. The Morgan fingerprint density at radius 3 is 2.83 bits per heavy atom. The minimum Gasteiger partial charge on any atom is -0.481 e. The molecule has 2 N–H and O–H groups in total. The smallest absolute Gasteiger partial charge is 0.310 e. The van der Waals surface area contributed by atoms with E-state index in [4.69, 9.17) is 5.11 Å². The van der Waals surface area contributed by atoms with Gasteiger partial charge in [0, 0.05) is 11.8 Å². The Kier molecular flexibility index (Phi) is 2.28. The number of rotatable bonds is 2. The maximum atomic E-state index is 11.0. The first-order chi connectivity index (χ1) is 5.63. The number of aliphatic carboxylic acids is 1. The van der Waals surface area contributed by atoms with E-state index in [0.717, 1.165) is 0 Å². The summed E-state index contributed by atoms with van der Waals surface area (Å²) in [5, 5.41) is 8.61. The topological polar surface area (TPSA) is 70.2 Å². The number of carboxylic acid groups (broad SMARTS) is 1. The third-order valence-corrected chi connectivity index (χ3v) is 1.69. The van der Waals surface area contributed by atoms with Crippen LogP contribution >= 0.6 is 0 Å². The molecule has 1 heterocycles. The van der Waals surface area contributed by atoms with Crippen LogP contribution in [-0.4, -0.2) is 16.1 Å². The Hall–Kier alpha value is -1.58. The van der Waals surface area contributed by atoms with Crippen LogP contribution in [0.25, 0.3) is 0 Å². The van der Waals surface area contributed by atoms with E-state index < -0.39 is 11.9 Å². The summed E-state index contributed by atoms with van der Waals surface area (Å²) in [7, 11) is 0. The second-order valence-electron chi connectivity index (χ2n) is 2.51. The molecule has 0 aliphatic rings. The van der Waals surface area contributed by atoms with E-state index in [1.165, 1.54) is 19.2 Å². The summed E-state index contributed by atoms with van der Waals surface area (Å²) in [4.78, 5) is 24.0. The summed E-state index contributed by atoms with van der Waals surface area (Å²) in [6.07, 6.45) is 1.47. The van der Waals surface area contributed by atoms with Crippen molar-refractivity contribution in [2.45, 2.75) is 12.8 Å². The molecule has 0 aromatic carbocycles. The summed E-state index contributed by atoms with van der Waals surface area (Å²) >= 11 is 0. The van der Waals surface area contributed by atoms with Gasteiger partial charge in [0.2, 0.25) is 0 Å². The van der Waals surface area contributed by atoms with Crippen LogP contribution in [0.3, 0.4) is 0 Å². The lowest BCUT2D eigenvalue weighted by Crippen LogP contribution is -2.18. The monoisotopic (exact) mass is 167 g/mol. The number of aromatic nitrogens is 1. The van der Waals surface area contributed by atoms with Gasteiger partial charge in [-0.3, -0.25) is 9.59 Å². The Morgan fingerprint density at radius 2 is 2.33 bits per heavy atom. The van der Waals surface area contributed by atoms with Crippen molar-refractivity contribution in [1.29, 1.82) is 0 Å². The Morgan fingerprint density at radius 1 is 1.67 bits per heavy atom. The number of carbonyl (C=O) groups is 1. The number of nitrogens with one attached hydrogen (secondary N) is 1. The molecular weight excluding hydrogens is 158 g/mol. The lowest BCUT2D eigenvalue weighted by molar-refractivity contribution is -0.138. The average Bonchev–Trinajstić information content (AvgIpc) is 2.04. The molecule has 0 bridgehead atoms. The van der Waals surface area contributed by atoms with Crippen LogP contribution in [0.15, 0.2) is 23.1 Å². The molecule has 4 nitrogen and oxygen atoms in total. The largest absolute Gasteiger partial charge is 0.481 e. The Balaban J connectivity index is 3.11. The van der Waals surface area contributed by atoms with Crippen LogP contribution in [0.1, 0.15) is 18.4 Å². The Bertz CT molecular complexity index is 342. The summed E-state index contributed by atoms with van der Waals surface area (Å²) in [6, 6.07) is 3.12. The summed E-state index contributed by atoms with van der Waals surface area (Å²) < 4.78 is 0. The summed E-state index contributed by atoms with van der Waals surface area (Å²) in [5.74, 6) is -1.75. The SMILES string of the molecule is C[C@H](C(=O)O)c1ccc[nH]c1=O. The van der Waals surface area contributed by atoms with Crippen molar-refractivity contribution in [2.75, 3.05) is 0 Å². The minimum absolute atomic E-state index is 0.282. The number of H-pyrrole nitrogens is 1. The van der Waals surface area contributed by atoms with E-state index >= 15 is 0 Å². The molecule has 64 valence electrons. The highest BCUT2D eigenvalue weighted by molar-refractivity contribution is 5.75. The molecule has 0 radical (unpaired) electrons. The number of pyridine rings is 1. The van der Waals surface area contributed by atoms with Crippen molar-refractivity contribution in [3.8, 4) is 0 Å². The predicted molar refractivity (Wildman–Crippen MR) is 43.1 cm³/mol. The molecule has 0 fully saturated rings. The molecule has 0 saturated carbocycles. The van der Waals surface area contributed by atoms with Crippen LogP contribution in [0.5, 0.6) is 0 Å². The quantitative estimate of drug-likeness (QED) is 0.676. The summed E-state index contributed by atoms with van der Waals surface area (Å²) in [5.41, 5.74) is -0.0580. The van der Waals surface area contributed by atoms with E-state index in [9.17, 15) is 9.59 Å². The predicted octanol–water partition coefficient (Wildman–Crippen LogP) is 0.563. The highest BCUT2D eigenvalue weighted by Crippen LogP contribution is 2.08. The van der Waals surface area contributed by atoms with Gasteiger partial charge in [-0.25, -0.2) is 0 Å². The van der Waals surface area contributed by atoms with E-state index in [2.05, 4.69) is 4.98 Å². The molecule has 1 rings (SSSR count). The third-order valence-electron chi connectivity index (χ3n) is 1.69. The van der Waals surface area contributed by atoms with Crippen molar-refractivity contribution < 1.29 is 9.90 Å². The number of hydrogen-bond acceptors (Lipinski definition) is 2. The van der Waals surface area contributed by atoms with Crippen LogP contribution in [0, 0.1) is 0 Å². The van der Waals surface area contributed by atoms with Gasteiger partial charge < -0.3 is 10.1 Å². The van der Waals surface area contributed by atoms with E-state index in [-0.39, 0.29) is 11.1 Å². The molecular formula is C8H9NO3. The maximum absolute atomic E-state index is 11.0. The highest BCUT2D eigenvalue weighted by atomic mass is 16.4. The summed E-state index contributed by atoms with van der Waals surface area (Å²) in [6.45, 7) is 1.48. The Labute approximate surface area is 68.9 Å². The zero-order chi connectivity index (χ0) is 9.14. The zero-order valence-electron chi connectivity index (χ0n) is 6.57. The molecule has 1 aromatic heterocycles. The molecule has 4 heteroatoms. The molecule has 1 atom stereocenters. The van der Waals surface area contributed by atoms with Gasteiger partial charge in [-0.2, -0.15) is 0 Å². The fraction of sp³-hybridized carbons (Fsp3) is 0.250. The van der Waals surface area contributed by atoms with Gasteiger partial charge in [0.15, 0.2) is 0 Å². The molecule has 1 aromatic rings. The van der Waals surface area contributed by atoms with E-state index in [1.807, 2.05) is 0 Å². The van der Waals surface area contributed by atoms with E-state index in [0.29, 0.717) is 0 Å². The van der Waals surface area contributed by atoms with Gasteiger partial charge in [-0.1, -0.05) is 6.07 Å². The van der Waals surface area contributed by atoms with Gasteiger partial charge in [0.25, 0.3) is 5.56 Å². The first-order valence-corrected chi connectivity index (χ1v) is 3.53. The van der Waals surface area contributed by atoms with Gasteiger partial charge in [-0.15, -0.1) is 0 Å². The zero-order valence-corrected chi connectivity index (χ0v) is 6.57. The standard InChI is InChI=1S/C8H9NO3/c1-5(8(11)12)6-3-2-4-9-7(6)10/h2-5H,1H3,(H,9,10)(H,11,12)/t5-/m0/s1. The first-order valence-electron chi connectivity index (χ1n) is 3.53. The van der Waals surface area contributed by atoms with Crippen LogP contribution < -0.4 is 5.56 Å². The molecule has 0 saturated heterocycles. The van der Waals surface area contributed by atoms with Gasteiger partial charge >= 0.3 is 5.97 Å². The number of hydrogen-bond donors (Lipinski definition) is 2. The van der Waals surface area contributed by atoms with Crippen LogP contribution in [0.2, 0.25) is 0 Å². The molecule has 12 heavy (non-hydrogen) atoms. The molecule has 0 spiro atoms. The van der Waals surface area contributed by atoms with E-state index in [1.54, 1.807) is 6.07 Å². The third kappa shape index (κ3) is 1.53. The average molecular weight is 167 g/mol. The lowest BCUT2D eigenvalue weighted by Gasteiger charge is -2.03. The lowest BCUT2D eigenvalue weighted by atomic mass is 10.0. The fourth-order valence-corrected chi connectivity index (χ4v) is 0.909. The second-order valence-corrected chi connectivity index (χ2v) is 2.51. The van der Waals surface area contributed by atoms with Gasteiger partial charge in [0.1, 0.15) is 0 Å². The van der Waals surface area contributed by atoms with Crippen molar-refractivity contribution >= 4 is 5.97 Å². The van der Waals surface area contributed by atoms with Gasteiger partial charge in [0.05, 0.1) is 5.92 Å². The van der Waals surface area contributed by atoms with Crippen LogP contribution in [0.4, 0.5) is 0 Å². The molecule has 0 unspecified atom stereocenters. The van der Waals surface area contributed by atoms with Crippen molar-refractivity contribution in [3.63, 3.8) is 0 Å². The van der Waals surface area contributed by atoms with Crippen molar-refractivity contribution in [2.24, 2.45) is 0 Å². The molecule has 0 aliphatic carbocycles. The number of carboxylic acids is 1. The maximum Gasteiger partial charge on any atom is 0.310 e. The first kappa shape index (κ1) is 8.52. The molecule has 0 aliphatic heterocycles. The normalized spacial score (nSPS) is 12.4. The second kappa shape index (κ2) is 3.21. The number of aromatic amines is 1. The van der Waals surface area contributed by atoms with Gasteiger partial charge in [-0.05, 0) is 13.0 Å². The van der Waals surface area contributed by atoms with Crippen molar-refractivity contribution in [3.05, 3.63) is 34.2 Å².